The summed E-state index contributed by atoms with van der Waals surface area (Å²) < 4.78 is 5.52. The highest BCUT2D eigenvalue weighted by Gasteiger charge is 2.19. The largest absolute Gasteiger partial charge is 0.507 e. The van der Waals surface area contributed by atoms with Gasteiger partial charge in [0.05, 0.1) is 13.2 Å². The van der Waals surface area contributed by atoms with Gasteiger partial charge < -0.3 is 9.84 Å². The summed E-state index contributed by atoms with van der Waals surface area (Å²) in [5, 5.41) is 15.5. The number of aromatic hydroxyl groups is 1. The minimum atomic E-state index is 0.332. The molecular formula is C25H23NO2. The monoisotopic (exact) mass is 369 g/mol. The molecule has 5 rings (SSSR count). The van der Waals surface area contributed by atoms with E-state index in [1.807, 2.05) is 24.3 Å². The Morgan fingerprint density at radius 3 is 2.04 bits per heavy atom. The van der Waals surface area contributed by atoms with Crippen molar-refractivity contribution in [2.45, 2.75) is 6.54 Å². The molecule has 28 heavy (non-hydrogen) atoms. The van der Waals surface area contributed by atoms with Gasteiger partial charge in [-0.15, -0.1) is 0 Å². The van der Waals surface area contributed by atoms with Crippen molar-refractivity contribution < 1.29 is 9.84 Å². The van der Waals surface area contributed by atoms with Crippen molar-refractivity contribution in [2.24, 2.45) is 0 Å². The number of hydrogen-bond acceptors (Lipinski definition) is 3. The fraction of sp³-hybridized carbons (Fsp3) is 0.200. The highest BCUT2D eigenvalue weighted by molar-refractivity contribution is 6.08. The predicted molar refractivity (Wildman–Crippen MR) is 115 cm³/mol. The molecule has 4 aromatic rings. The maximum absolute atomic E-state index is 10.9. The molecule has 0 radical (unpaired) electrons. The second kappa shape index (κ2) is 7.27. The molecule has 3 nitrogen and oxygen atoms in total. The Hall–Kier alpha value is -2.88. The summed E-state index contributed by atoms with van der Waals surface area (Å²) in [4.78, 5) is 2.43. The van der Waals surface area contributed by atoms with Crippen molar-refractivity contribution in [3.8, 4) is 16.9 Å². The van der Waals surface area contributed by atoms with Crippen LogP contribution < -0.4 is 0 Å². The van der Waals surface area contributed by atoms with Crippen LogP contribution >= 0.6 is 0 Å². The lowest BCUT2D eigenvalue weighted by Gasteiger charge is -2.28. The van der Waals surface area contributed by atoms with Gasteiger partial charge in [0, 0.05) is 25.2 Å². The summed E-state index contributed by atoms with van der Waals surface area (Å²) in [7, 11) is 0. The topological polar surface area (TPSA) is 32.7 Å². The molecule has 1 aliphatic heterocycles. The second-order valence-electron chi connectivity index (χ2n) is 7.39. The number of hydrogen-bond donors (Lipinski definition) is 1. The van der Waals surface area contributed by atoms with E-state index in [0.717, 1.165) is 54.7 Å². The van der Waals surface area contributed by atoms with Crippen LogP contribution in [0.1, 0.15) is 5.56 Å². The van der Waals surface area contributed by atoms with Crippen LogP contribution in [0.25, 0.3) is 32.7 Å². The van der Waals surface area contributed by atoms with Crippen LogP contribution in [-0.4, -0.2) is 36.3 Å². The molecule has 0 amide bonds. The minimum absolute atomic E-state index is 0.332. The lowest BCUT2D eigenvalue weighted by atomic mass is 9.89. The Bertz CT molecular complexity index is 1150. The van der Waals surface area contributed by atoms with E-state index >= 15 is 0 Å². The minimum Gasteiger partial charge on any atom is -0.507 e. The lowest BCUT2D eigenvalue weighted by Crippen LogP contribution is -2.35. The number of fused-ring (bicyclic) bond motifs is 2. The van der Waals surface area contributed by atoms with Crippen molar-refractivity contribution in [3.63, 3.8) is 0 Å². The SMILES string of the molecule is Oc1ccc2ccccc2c1-c1c(CN2CCOCC2)ccc2ccccc12. The molecule has 0 aromatic heterocycles. The fourth-order valence-electron chi connectivity index (χ4n) is 4.27. The van der Waals surface area contributed by atoms with E-state index in [1.165, 1.54) is 16.3 Å². The van der Waals surface area contributed by atoms with E-state index in [1.54, 1.807) is 0 Å². The normalized spacial score (nSPS) is 15.3. The fourth-order valence-corrected chi connectivity index (χ4v) is 4.27. The van der Waals surface area contributed by atoms with Crippen LogP contribution in [0.2, 0.25) is 0 Å². The smallest absolute Gasteiger partial charge is 0.124 e. The van der Waals surface area contributed by atoms with Gasteiger partial charge in [-0.1, -0.05) is 66.7 Å². The molecule has 0 atom stereocenters. The molecule has 4 aromatic carbocycles. The third-order valence-electron chi connectivity index (χ3n) is 5.67. The first kappa shape index (κ1) is 17.2. The van der Waals surface area contributed by atoms with Crippen LogP contribution in [0.4, 0.5) is 0 Å². The van der Waals surface area contributed by atoms with Gasteiger partial charge in [0.15, 0.2) is 0 Å². The van der Waals surface area contributed by atoms with Gasteiger partial charge in [-0.2, -0.15) is 0 Å². The number of benzene rings is 4. The highest BCUT2D eigenvalue weighted by Crippen LogP contribution is 2.42. The van der Waals surface area contributed by atoms with Crippen molar-refractivity contribution in [2.75, 3.05) is 26.3 Å². The first-order valence-corrected chi connectivity index (χ1v) is 9.83. The average molecular weight is 369 g/mol. The molecule has 0 aliphatic carbocycles. The van der Waals surface area contributed by atoms with Gasteiger partial charge in [-0.3, -0.25) is 4.90 Å². The quantitative estimate of drug-likeness (QED) is 0.539. The Balaban J connectivity index is 1.78. The van der Waals surface area contributed by atoms with E-state index < -0.39 is 0 Å². The van der Waals surface area contributed by atoms with E-state index in [-0.39, 0.29) is 0 Å². The van der Waals surface area contributed by atoms with Gasteiger partial charge in [-0.05, 0) is 38.7 Å². The van der Waals surface area contributed by atoms with Crippen molar-refractivity contribution in [1.29, 1.82) is 0 Å². The number of phenols is 1. The summed E-state index contributed by atoms with van der Waals surface area (Å²) >= 11 is 0. The van der Waals surface area contributed by atoms with Crippen molar-refractivity contribution >= 4 is 21.5 Å². The molecule has 140 valence electrons. The van der Waals surface area contributed by atoms with Crippen LogP contribution in [0.5, 0.6) is 5.75 Å². The maximum Gasteiger partial charge on any atom is 0.124 e. The molecule has 1 fully saturated rings. The van der Waals surface area contributed by atoms with Crippen LogP contribution in [0.15, 0.2) is 72.8 Å². The third kappa shape index (κ3) is 3.03. The highest BCUT2D eigenvalue weighted by atomic mass is 16.5. The van der Waals surface area contributed by atoms with Gasteiger partial charge in [0.25, 0.3) is 0 Å². The summed E-state index contributed by atoms with van der Waals surface area (Å²) in [5.41, 5.74) is 3.31. The van der Waals surface area contributed by atoms with E-state index in [0.29, 0.717) is 5.75 Å². The third-order valence-corrected chi connectivity index (χ3v) is 5.67. The average Bonchev–Trinajstić information content (AvgIpc) is 2.75. The molecule has 1 N–H and O–H groups in total. The van der Waals surface area contributed by atoms with Crippen molar-refractivity contribution in [3.05, 3.63) is 78.4 Å². The Morgan fingerprint density at radius 2 is 1.32 bits per heavy atom. The number of ether oxygens (including phenoxy) is 1. The van der Waals surface area contributed by atoms with Gasteiger partial charge in [-0.25, -0.2) is 0 Å². The number of phenolic OH excluding ortho intramolecular Hbond substituents is 1. The molecule has 0 bridgehead atoms. The van der Waals surface area contributed by atoms with E-state index in [9.17, 15) is 5.11 Å². The second-order valence-corrected chi connectivity index (χ2v) is 7.39. The lowest BCUT2D eigenvalue weighted by molar-refractivity contribution is 0.0343. The summed E-state index contributed by atoms with van der Waals surface area (Å²) in [5.74, 6) is 0.332. The van der Waals surface area contributed by atoms with E-state index in [2.05, 4.69) is 53.4 Å². The zero-order valence-electron chi connectivity index (χ0n) is 15.8. The van der Waals surface area contributed by atoms with Gasteiger partial charge >= 0.3 is 0 Å². The Labute approximate surface area is 164 Å². The van der Waals surface area contributed by atoms with Gasteiger partial charge in [0.2, 0.25) is 0 Å². The Morgan fingerprint density at radius 1 is 0.714 bits per heavy atom. The summed E-state index contributed by atoms with van der Waals surface area (Å²) in [6, 6.07) is 24.9. The number of rotatable bonds is 3. The first-order chi connectivity index (χ1) is 13.8. The standard InChI is InChI=1S/C25H23NO2/c27-23-12-11-19-6-2-4-8-22(19)25(23)24-20(17-26-13-15-28-16-14-26)10-9-18-5-1-3-7-21(18)24/h1-12,27H,13-17H2. The maximum atomic E-state index is 10.9. The molecule has 1 heterocycles. The molecule has 3 heteroatoms. The molecule has 0 unspecified atom stereocenters. The Kier molecular flexibility index (Phi) is 4.47. The molecule has 1 saturated heterocycles. The molecular weight excluding hydrogens is 346 g/mol. The molecule has 0 saturated carbocycles. The number of morpholine rings is 1. The van der Waals surface area contributed by atoms with Crippen LogP contribution in [0, 0.1) is 0 Å². The predicted octanol–water partition coefficient (Wildman–Crippen LogP) is 5.20. The van der Waals surface area contributed by atoms with E-state index in [4.69, 9.17) is 4.74 Å². The van der Waals surface area contributed by atoms with Crippen LogP contribution in [-0.2, 0) is 11.3 Å². The zero-order chi connectivity index (χ0) is 18.9. The van der Waals surface area contributed by atoms with Crippen LogP contribution in [0.3, 0.4) is 0 Å². The summed E-state index contributed by atoms with van der Waals surface area (Å²) in [6.07, 6.45) is 0. The van der Waals surface area contributed by atoms with Crippen molar-refractivity contribution in [1.82, 2.24) is 4.90 Å². The zero-order valence-corrected chi connectivity index (χ0v) is 15.8. The summed E-state index contributed by atoms with van der Waals surface area (Å²) in [6.45, 7) is 4.29. The van der Waals surface area contributed by atoms with Gasteiger partial charge in [0.1, 0.15) is 5.75 Å². The first-order valence-electron chi connectivity index (χ1n) is 9.83. The number of nitrogens with zero attached hydrogens (tertiary/aromatic N) is 1. The molecule has 1 aliphatic rings. The molecule has 0 spiro atoms.